The fourth-order valence-corrected chi connectivity index (χ4v) is 4.55. The molecule has 3 aromatic rings. The second-order valence-corrected chi connectivity index (χ2v) is 8.93. The molecule has 3 rings (SSSR count). The Labute approximate surface area is 215 Å². The molecule has 190 valence electrons. The fraction of sp³-hybridized carbons (Fsp3) is 0.160. The standard InChI is InChI=1S/C25H22N4O7S/c1-12-20(13-3-6-15(36-2)7-4-13)18(10-26)24(37-12)29-23(33)16-8-5-14(9-17(16)21(27)31)22(32)28-19(11-30)25(34)35/h3-9,19,30H,11H2,1-2H3,(H2,27,31)(H,28,32)(H,29,33)(H,34,35)/t19-/m0/s1. The van der Waals surface area contributed by atoms with E-state index in [1.807, 2.05) is 0 Å². The molecule has 0 fully saturated rings. The Kier molecular flexibility index (Phi) is 8.23. The zero-order valence-corrected chi connectivity index (χ0v) is 20.5. The topological polar surface area (TPSA) is 192 Å². The number of primary amides is 1. The van der Waals surface area contributed by atoms with Crippen LogP contribution in [0.25, 0.3) is 11.1 Å². The van der Waals surface area contributed by atoms with Crippen molar-refractivity contribution in [1.29, 1.82) is 5.26 Å². The molecule has 0 saturated carbocycles. The Morgan fingerprint density at radius 2 is 1.78 bits per heavy atom. The van der Waals surface area contributed by atoms with E-state index in [0.29, 0.717) is 11.3 Å². The Morgan fingerprint density at radius 3 is 2.32 bits per heavy atom. The lowest BCUT2D eigenvalue weighted by Gasteiger charge is -2.13. The van der Waals surface area contributed by atoms with Gasteiger partial charge in [-0.05, 0) is 42.8 Å². The third-order valence-electron chi connectivity index (χ3n) is 5.38. The van der Waals surface area contributed by atoms with Crippen molar-refractivity contribution in [2.45, 2.75) is 13.0 Å². The Hall–Kier alpha value is -4.73. The number of hydrogen-bond acceptors (Lipinski definition) is 8. The van der Waals surface area contributed by atoms with E-state index in [2.05, 4.69) is 16.7 Å². The van der Waals surface area contributed by atoms with Gasteiger partial charge < -0.3 is 31.3 Å². The van der Waals surface area contributed by atoms with E-state index in [4.69, 9.17) is 20.7 Å². The van der Waals surface area contributed by atoms with Crippen LogP contribution < -0.4 is 21.1 Å². The highest BCUT2D eigenvalue weighted by Gasteiger charge is 2.24. The quantitative estimate of drug-likeness (QED) is 0.282. The summed E-state index contributed by atoms with van der Waals surface area (Å²) in [6.45, 7) is 0.962. The molecule has 0 aliphatic carbocycles. The van der Waals surface area contributed by atoms with E-state index in [-0.39, 0.29) is 27.3 Å². The summed E-state index contributed by atoms with van der Waals surface area (Å²) < 4.78 is 5.17. The van der Waals surface area contributed by atoms with Crippen molar-refractivity contribution in [2.24, 2.45) is 5.73 Å². The number of benzene rings is 2. The monoisotopic (exact) mass is 522 g/mol. The smallest absolute Gasteiger partial charge is 0.328 e. The van der Waals surface area contributed by atoms with Gasteiger partial charge in [0.25, 0.3) is 11.8 Å². The maximum Gasteiger partial charge on any atom is 0.328 e. The first-order chi connectivity index (χ1) is 17.6. The minimum atomic E-state index is -1.56. The third kappa shape index (κ3) is 5.75. The lowest BCUT2D eigenvalue weighted by molar-refractivity contribution is -0.140. The first kappa shape index (κ1) is 26.9. The van der Waals surface area contributed by atoms with Crippen LogP contribution in [0.2, 0.25) is 0 Å². The van der Waals surface area contributed by atoms with Gasteiger partial charge in [-0.15, -0.1) is 11.3 Å². The van der Waals surface area contributed by atoms with Crippen LogP contribution in [0.5, 0.6) is 5.75 Å². The fourth-order valence-electron chi connectivity index (χ4n) is 3.53. The number of anilines is 1. The highest BCUT2D eigenvalue weighted by atomic mass is 32.1. The van der Waals surface area contributed by atoms with Crippen molar-refractivity contribution in [3.63, 3.8) is 0 Å². The number of rotatable bonds is 9. The average Bonchev–Trinajstić information content (AvgIpc) is 3.20. The molecule has 0 aliphatic rings. The maximum absolute atomic E-state index is 13.1. The summed E-state index contributed by atoms with van der Waals surface area (Å²) in [6, 6.07) is 11.1. The van der Waals surface area contributed by atoms with Crippen LogP contribution in [0.3, 0.4) is 0 Å². The lowest BCUT2D eigenvalue weighted by Crippen LogP contribution is -2.43. The minimum absolute atomic E-state index is 0.142. The van der Waals surface area contributed by atoms with Gasteiger partial charge in [-0.25, -0.2) is 4.79 Å². The van der Waals surface area contributed by atoms with Gasteiger partial charge in [0, 0.05) is 16.0 Å². The molecule has 37 heavy (non-hydrogen) atoms. The second kappa shape index (κ2) is 11.3. The second-order valence-electron chi connectivity index (χ2n) is 7.70. The number of nitrogens with zero attached hydrogens (tertiary/aromatic N) is 1. The van der Waals surface area contributed by atoms with Gasteiger partial charge in [0.05, 0.1) is 30.4 Å². The minimum Gasteiger partial charge on any atom is -0.497 e. The van der Waals surface area contributed by atoms with Crippen molar-refractivity contribution in [1.82, 2.24) is 5.32 Å². The SMILES string of the molecule is COc1ccc(-c2c(C)sc(NC(=O)c3ccc(C(=O)N[C@@H](CO)C(=O)O)cc3C(N)=O)c2C#N)cc1. The van der Waals surface area contributed by atoms with Gasteiger partial charge >= 0.3 is 5.97 Å². The molecule has 1 aromatic heterocycles. The van der Waals surface area contributed by atoms with Gasteiger partial charge in [0.2, 0.25) is 5.91 Å². The van der Waals surface area contributed by atoms with Crippen LogP contribution in [-0.4, -0.2) is 53.7 Å². The van der Waals surface area contributed by atoms with E-state index in [1.165, 1.54) is 23.5 Å². The number of aryl methyl sites for hydroxylation is 1. The highest BCUT2D eigenvalue weighted by molar-refractivity contribution is 7.17. The zero-order chi connectivity index (χ0) is 27.3. The summed E-state index contributed by atoms with van der Waals surface area (Å²) in [5.74, 6) is -3.43. The van der Waals surface area contributed by atoms with Crippen LogP contribution in [0, 0.1) is 18.3 Å². The first-order valence-electron chi connectivity index (χ1n) is 10.7. The molecule has 0 radical (unpaired) electrons. The normalized spacial score (nSPS) is 11.2. The molecule has 0 unspecified atom stereocenters. The van der Waals surface area contributed by atoms with Crippen molar-refractivity contribution in [2.75, 3.05) is 19.0 Å². The van der Waals surface area contributed by atoms with Crippen molar-refractivity contribution in [3.05, 3.63) is 69.6 Å². The largest absolute Gasteiger partial charge is 0.497 e. The van der Waals surface area contributed by atoms with Crippen molar-refractivity contribution >= 4 is 40.0 Å². The number of hydrogen-bond donors (Lipinski definition) is 5. The molecule has 11 nitrogen and oxygen atoms in total. The lowest BCUT2D eigenvalue weighted by atomic mass is 10.0. The Bertz CT molecular complexity index is 1420. The Balaban J connectivity index is 1.93. The number of amides is 3. The summed E-state index contributed by atoms with van der Waals surface area (Å²) in [6.07, 6.45) is 0. The van der Waals surface area contributed by atoms with E-state index >= 15 is 0 Å². The number of carbonyl (C=O) groups is 4. The molecular weight excluding hydrogens is 500 g/mol. The number of nitrogens with two attached hydrogens (primary N) is 1. The van der Waals surface area contributed by atoms with Gasteiger partial charge in [-0.2, -0.15) is 5.26 Å². The molecule has 6 N–H and O–H groups in total. The summed E-state index contributed by atoms with van der Waals surface area (Å²) in [4.78, 5) is 49.4. The maximum atomic E-state index is 13.1. The van der Waals surface area contributed by atoms with Gasteiger partial charge in [0.1, 0.15) is 16.8 Å². The Morgan fingerprint density at radius 1 is 1.11 bits per heavy atom. The molecule has 0 spiro atoms. The number of nitrogens with one attached hydrogen (secondary N) is 2. The predicted octanol–water partition coefficient (Wildman–Crippen LogP) is 2.13. The molecule has 0 bridgehead atoms. The van der Waals surface area contributed by atoms with Crippen LogP contribution in [-0.2, 0) is 4.79 Å². The summed E-state index contributed by atoms with van der Waals surface area (Å²) >= 11 is 1.18. The van der Waals surface area contributed by atoms with Crippen LogP contribution in [0.15, 0.2) is 42.5 Å². The molecule has 3 amide bonds. The highest BCUT2D eigenvalue weighted by Crippen LogP contribution is 2.40. The predicted molar refractivity (Wildman–Crippen MR) is 135 cm³/mol. The van der Waals surface area contributed by atoms with Crippen molar-refractivity contribution in [3.8, 4) is 22.9 Å². The summed E-state index contributed by atoms with van der Waals surface area (Å²) in [5, 5.41) is 32.9. The van der Waals surface area contributed by atoms with Gasteiger partial charge in [-0.3, -0.25) is 14.4 Å². The van der Waals surface area contributed by atoms with E-state index in [0.717, 1.165) is 16.5 Å². The van der Waals surface area contributed by atoms with Gasteiger partial charge in [-0.1, -0.05) is 12.1 Å². The number of ether oxygens (including phenoxy) is 1. The molecular formula is C25H22N4O7S. The summed E-state index contributed by atoms with van der Waals surface area (Å²) in [7, 11) is 1.54. The number of carboxylic acid groups (broad SMARTS) is 1. The molecule has 0 aliphatic heterocycles. The van der Waals surface area contributed by atoms with E-state index in [9.17, 15) is 24.4 Å². The number of aliphatic carboxylic acids is 1. The summed E-state index contributed by atoms with van der Waals surface area (Å²) in [5.41, 5.74) is 6.48. The molecule has 1 heterocycles. The number of carboxylic acids is 1. The molecule has 1 atom stereocenters. The number of aliphatic hydroxyl groups is 1. The number of thiophene rings is 1. The zero-order valence-electron chi connectivity index (χ0n) is 19.7. The number of methoxy groups -OCH3 is 1. The van der Waals surface area contributed by atoms with Crippen LogP contribution in [0.1, 0.15) is 41.5 Å². The number of nitriles is 1. The molecule has 0 saturated heterocycles. The average molecular weight is 523 g/mol. The van der Waals surface area contributed by atoms with E-state index in [1.54, 1.807) is 38.3 Å². The number of carbonyl (C=O) groups excluding carboxylic acids is 3. The number of aliphatic hydroxyl groups excluding tert-OH is 1. The first-order valence-corrected chi connectivity index (χ1v) is 11.5. The molecule has 12 heteroatoms. The van der Waals surface area contributed by atoms with Crippen LogP contribution in [0.4, 0.5) is 5.00 Å². The van der Waals surface area contributed by atoms with Gasteiger partial charge in [0.15, 0.2) is 6.04 Å². The third-order valence-corrected chi connectivity index (χ3v) is 6.40. The van der Waals surface area contributed by atoms with Crippen molar-refractivity contribution < 1.29 is 34.1 Å². The van der Waals surface area contributed by atoms with Crippen LogP contribution >= 0.6 is 11.3 Å². The van der Waals surface area contributed by atoms with E-state index < -0.39 is 36.3 Å². The molecule has 2 aromatic carbocycles.